The van der Waals surface area contributed by atoms with E-state index in [2.05, 4.69) is 0 Å². The molecule has 1 aromatic rings. The maximum absolute atomic E-state index is 11.9. The number of piperazine rings is 1. The highest BCUT2D eigenvalue weighted by atomic mass is 16.2. The molecule has 96 valence electrons. The fourth-order valence-corrected chi connectivity index (χ4v) is 1.99. The van der Waals surface area contributed by atoms with Crippen molar-refractivity contribution >= 4 is 17.5 Å². The van der Waals surface area contributed by atoms with Crippen LogP contribution in [0.15, 0.2) is 18.2 Å². The van der Waals surface area contributed by atoms with Crippen LogP contribution in [0.25, 0.3) is 0 Å². The van der Waals surface area contributed by atoms with E-state index >= 15 is 0 Å². The van der Waals surface area contributed by atoms with Crippen LogP contribution in [0.4, 0.5) is 5.69 Å². The van der Waals surface area contributed by atoms with E-state index in [1.807, 2.05) is 25.1 Å². The van der Waals surface area contributed by atoms with Gasteiger partial charge in [0.1, 0.15) is 6.54 Å². The highest BCUT2D eigenvalue weighted by molar-refractivity contribution is 5.92. The summed E-state index contributed by atoms with van der Waals surface area (Å²) in [6.07, 6.45) is 0. The summed E-state index contributed by atoms with van der Waals surface area (Å²) in [5.74, 6) is -0.0601. The quantitative estimate of drug-likeness (QED) is 0.768. The molecule has 1 aromatic carbocycles. The van der Waals surface area contributed by atoms with Crippen molar-refractivity contribution in [2.45, 2.75) is 13.5 Å². The van der Waals surface area contributed by atoms with Gasteiger partial charge in [-0.15, -0.1) is 0 Å². The minimum Gasteiger partial charge on any atom is -0.399 e. The van der Waals surface area contributed by atoms with Gasteiger partial charge in [-0.25, -0.2) is 0 Å². The Hall–Kier alpha value is -2.04. The molecule has 2 N–H and O–H groups in total. The summed E-state index contributed by atoms with van der Waals surface area (Å²) in [6.45, 7) is 2.66. The second-order valence-electron chi connectivity index (χ2n) is 4.63. The zero-order valence-corrected chi connectivity index (χ0v) is 10.6. The number of nitrogen functional groups attached to an aromatic ring is 1. The maximum Gasteiger partial charge on any atom is 0.242 e. The average Bonchev–Trinajstić information content (AvgIpc) is 2.32. The van der Waals surface area contributed by atoms with Crippen molar-refractivity contribution in [1.29, 1.82) is 0 Å². The maximum atomic E-state index is 11.9. The fourth-order valence-electron chi connectivity index (χ4n) is 1.99. The minimum absolute atomic E-state index is 0.0288. The molecule has 0 saturated carbocycles. The summed E-state index contributed by atoms with van der Waals surface area (Å²) < 4.78 is 0. The van der Waals surface area contributed by atoms with Crippen LogP contribution >= 0.6 is 0 Å². The van der Waals surface area contributed by atoms with Crippen LogP contribution in [0, 0.1) is 6.92 Å². The third kappa shape index (κ3) is 2.30. The molecule has 0 unspecified atom stereocenters. The fraction of sp³-hybridized carbons (Fsp3) is 0.385. The Kier molecular flexibility index (Phi) is 3.23. The van der Waals surface area contributed by atoms with Gasteiger partial charge in [0.2, 0.25) is 11.8 Å². The van der Waals surface area contributed by atoms with Crippen molar-refractivity contribution in [1.82, 2.24) is 9.80 Å². The van der Waals surface area contributed by atoms with Gasteiger partial charge in [0, 0.05) is 19.3 Å². The molecule has 1 heterocycles. The molecule has 0 bridgehead atoms. The van der Waals surface area contributed by atoms with Gasteiger partial charge in [-0.3, -0.25) is 9.59 Å². The molecule has 0 radical (unpaired) electrons. The second kappa shape index (κ2) is 4.68. The van der Waals surface area contributed by atoms with E-state index in [4.69, 9.17) is 5.73 Å². The van der Waals surface area contributed by atoms with E-state index in [-0.39, 0.29) is 24.9 Å². The molecule has 0 atom stereocenters. The molecule has 0 aromatic heterocycles. The lowest BCUT2D eigenvalue weighted by Gasteiger charge is -2.32. The molecule has 5 nitrogen and oxygen atoms in total. The van der Waals surface area contributed by atoms with Gasteiger partial charge < -0.3 is 15.5 Å². The SMILES string of the molecule is Cc1c(N)cccc1CN1CC(=O)N(C)CC1=O. The molecule has 1 aliphatic rings. The Morgan fingerprint density at radius 1 is 1.22 bits per heavy atom. The van der Waals surface area contributed by atoms with Gasteiger partial charge in [-0.1, -0.05) is 12.1 Å². The first-order valence-corrected chi connectivity index (χ1v) is 5.84. The van der Waals surface area contributed by atoms with Crippen LogP contribution in [-0.4, -0.2) is 41.8 Å². The molecule has 1 aliphatic heterocycles. The average molecular weight is 247 g/mol. The van der Waals surface area contributed by atoms with Crippen LogP contribution < -0.4 is 5.73 Å². The molecule has 5 heteroatoms. The first kappa shape index (κ1) is 12.4. The predicted molar refractivity (Wildman–Crippen MR) is 68.6 cm³/mol. The van der Waals surface area contributed by atoms with Gasteiger partial charge in [-0.05, 0) is 24.1 Å². The summed E-state index contributed by atoms with van der Waals surface area (Å²) in [5.41, 5.74) is 8.50. The topological polar surface area (TPSA) is 66.6 Å². The molecule has 1 fully saturated rings. The Labute approximate surface area is 106 Å². The van der Waals surface area contributed by atoms with Crippen LogP contribution in [0.3, 0.4) is 0 Å². The highest BCUT2D eigenvalue weighted by Gasteiger charge is 2.27. The number of hydrogen-bond acceptors (Lipinski definition) is 3. The summed E-state index contributed by atoms with van der Waals surface area (Å²) >= 11 is 0. The molecule has 2 rings (SSSR count). The lowest BCUT2D eigenvalue weighted by atomic mass is 10.1. The number of carbonyl (C=O) groups excluding carboxylic acids is 2. The highest BCUT2D eigenvalue weighted by Crippen LogP contribution is 2.18. The number of carbonyl (C=O) groups is 2. The van der Waals surface area contributed by atoms with Crippen molar-refractivity contribution in [2.24, 2.45) is 0 Å². The Bertz CT molecular complexity index is 499. The van der Waals surface area contributed by atoms with Crippen molar-refractivity contribution in [2.75, 3.05) is 25.9 Å². The first-order valence-electron chi connectivity index (χ1n) is 5.84. The Morgan fingerprint density at radius 3 is 2.67 bits per heavy atom. The standard InChI is InChI=1S/C13H17N3O2/c1-9-10(4-3-5-11(9)14)6-16-8-12(17)15(2)7-13(16)18/h3-5H,6-8,14H2,1-2H3. The smallest absolute Gasteiger partial charge is 0.242 e. The van der Waals surface area contributed by atoms with E-state index in [1.54, 1.807) is 11.9 Å². The van der Waals surface area contributed by atoms with E-state index in [0.717, 1.165) is 11.1 Å². The lowest BCUT2D eigenvalue weighted by Crippen LogP contribution is -2.51. The molecular formula is C13H17N3O2. The number of benzene rings is 1. The normalized spacial score (nSPS) is 16.3. The Balaban J connectivity index is 2.16. The number of amides is 2. The summed E-state index contributed by atoms with van der Waals surface area (Å²) in [6, 6.07) is 5.62. The van der Waals surface area contributed by atoms with Crippen molar-refractivity contribution in [3.8, 4) is 0 Å². The molecular weight excluding hydrogens is 230 g/mol. The number of rotatable bonds is 2. The molecule has 0 aliphatic carbocycles. The third-order valence-electron chi connectivity index (χ3n) is 3.33. The minimum atomic E-state index is -0.0313. The van der Waals surface area contributed by atoms with Gasteiger partial charge in [0.05, 0.1) is 6.54 Å². The Morgan fingerprint density at radius 2 is 1.94 bits per heavy atom. The van der Waals surface area contributed by atoms with Gasteiger partial charge in [0.15, 0.2) is 0 Å². The van der Waals surface area contributed by atoms with Crippen molar-refractivity contribution in [3.63, 3.8) is 0 Å². The van der Waals surface area contributed by atoms with E-state index in [1.165, 1.54) is 4.90 Å². The predicted octanol–water partition coefficient (Wildman–Crippen LogP) is 0.378. The third-order valence-corrected chi connectivity index (χ3v) is 3.33. The van der Waals surface area contributed by atoms with Gasteiger partial charge in [-0.2, -0.15) is 0 Å². The molecule has 18 heavy (non-hydrogen) atoms. The van der Waals surface area contributed by atoms with Gasteiger partial charge >= 0.3 is 0 Å². The summed E-state index contributed by atoms with van der Waals surface area (Å²) in [4.78, 5) is 26.5. The molecule has 0 spiro atoms. The van der Waals surface area contributed by atoms with Crippen LogP contribution in [0.1, 0.15) is 11.1 Å². The summed E-state index contributed by atoms with van der Waals surface area (Å²) in [5, 5.41) is 0. The van der Waals surface area contributed by atoms with Crippen LogP contribution in [-0.2, 0) is 16.1 Å². The number of anilines is 1. The largest absolute Gasteiger partial charge is 0.399 e. The van der Waals surface area contributed by atoms with E-state index in [9.17, 15) is 9.59 Å². The van der Waals surface area contributed by atoms with Crippen molar-refractivity contribution < 1.29 is 9.59 Å². The lowest BCUT2D eigenvalue weighted by molar-refractivity contribution is -0.149. The van der Waals surface area contributed by atoms with Crippen molar-refractivity contribution in [3.05, 3.63) is 29.3 Å². The number of nitrogens with zero attached hydrogens (tertiary/aromatic N) is 2. The van der Waals surface area contributed by atoms with Crippen LogP contribution in [0.5, 0.6) is 0 Å². The van der Waals surface area contributed by atoms with Crippen LogP contribution in [0.2, 0.25) is 0 Å². The number of likely N-dealkylation sites (N-methyl/N-ethyl adjacent to an activating group) is 1. The zero-order valence-electron chi connectivity index (χ0n) is 10.6. The second-order valence-corrected chi connectivity index (χ2v) is 4.63. The molecule has 2 amide bonds. The van der Waals surface area contributed by atoms with E-state index in [0.29, 0.717) is 12.2 Å². The molecule has 1 saturated heterocycles. The van der Waals surface area contributed by atoms with E-state index < -0.39 is 0 Å². The number of nitrogens with two attached hydrogens (primary N) is 1. The number of hydrogen-bond donors (Lipinski definition) is 1. The summed E-state index contributed by atoms with van der Waals surface area (Å²) in [7, 11) is 1.64. The first-order chi connectivity index (χ1) is 8.49. The zero-order chi connectivity index (χ0) is 13.3. The monoisotopic (exact) mass is 247 g/mol. The van der Waals surface area contributed by atoms with Gasteiger partial charge in [0.25, 0.3) is 0 Å².